The number of aryl methyl sites for hydroxylation is 1. The van der Waals surface area contributed by atoms with Gasteiger partial charge in [-0.15, -0.1) is 0 Å². The highest BCUT2D eigenvalue weighted by Gasteiger charge is 2.09. The fourth-order valence-corrected chi connectivity index (χ4v) is 3.75. The summed E-state index contributed by atoms with van der Waals surface area (Å²) in [5.74, 6) is -0.666. The number of rotatable bonds is 14. The zero-order valence-electron chi connectivity index (χ0n) is 16.8. The largest absolute Gasteiger partial charge is 0.481 e. The molecule has 0 saturated heterocycles. The topological polar surface area (TPSA) is 53.1 Å². The van der Waals surface area contributed by atoms with E-state index in [1.54, 1.807) is 0 Å². The van der Waals surface area contributed by atoms with Crippen molar-refractivity contribution in [2.45, 2.75) is 84.0 Å². The molecule has 2 N–H and O–H groups in total. The molecule has 2 rings (SSSR count). The molecule has 3 heteroatoms. The van der Waals surface area contributed by atoms with E-state index >= 15 is 0 Å². The van der Waals surface area contributed by atoms with E-state index in [1.807, 2.05) is 0 Å². The highest BCUT2D eigenvalue weighted by molar-refractivity contribution is 5.68. The number of H-pyrrole nitrogens is 1. The van der Waals surface area contributed by atoms with Crippen molar-refractivity contribution in [1.29, 1.82) is 0 Å². The van der Waals surface area contributed by atoms with Crippen LogP contribution in [0, 0.1) is 6.92 Å². The molecule has 0 bridgehead atoms. The smallest absolute Gasteiger partial charge is 0.303 e. The number of unbranched alkanes of at least 4 members (excludes halogenated alkanes) is 9. The van der Waals surface area contributed by atoms with Crippen LogP contribution in [0.4, 0.5) is 0 Å². The van der Waals surface area contributed by atoms with Gasteiger partial charge in [-0.05, 0) is 37.3 Å². The van der Waals surface area contributed by atoms with Gasteiger partial charge in [0.1, 0.15) is 0 Å². The molecule has 148 valence electrons. The van der Waals surface area contributed by atoms with Crippen LogP contribution in [-0.4, -0.2) is 16.1 Å². The summed E-state index contributed by atoms with van der Waals surface area (Å²) in [4.78, 5) is 13.8. The van der Waals surface area contributed by atoms with Crippen molar-refractivity contribution in [3.63, 3.8) is 0 Å². The van der Waals surface area contributed by atoms with Gasteiger partial charge in [0, 0.05) is 23.9 Å². The number of hydrogen-bond donors (Lipinski definition) is 2. The lowest BCUT2D eigenvalue weighted by molar-refractivity contribution is -0.137. The van der Waals surface area contributed by atoms with Gasteiger partial charge in [-0.2, -0.15) is 0 Å². The Balaban J connectivity index is 1.54. The third-order valence-corrected chi connectivity index (χ3v) is 5.36. The van der Waals surface area contributed by atoms with Crippen LogP contribution in [0.15, 0.2) is 36.5 Å². The minimum atomic E-state index is -0.666. The molecule has 0 aliphatic rings. The minimum Gasteiger partial charge on any atom is -0.481 e. The Bertz CT molecular complexity index is 660. The van der Waals surface area contributed by atoms with Gasteiger partial charge in [-0.1, -0.05) is 81.7 Å². The normalized spacial score (nSPS) is 11.0. The first kappa shape index (κ1) is 21.3. The molecule has 0 aliphatic carbocycles. The lowest BCUT2D eigenvalue weighted by atomic mass is 9.98. The number of carboxylic acid groups (broad SMARTS) is 1. The quantitative estimate of drug-likeness (QED) is 0.355. The zero-order valence-corrected chi connectivity index (χ0v) is 16.8. The average molecular weight is 370 g/mol. The minimum absolute atomic E-state index is 0.326. The van der Waals surface area contributed by atoms with Gasteiger partial charge < -0.3 is 10.1 Å². The van der Waals surface area contributed by atoms with Gasteiger partial charge in [-0.25, -0.2) is 0 Å². The van der Waals surface area contributed by atoms with Gasteiger partial charge in [0.25, 0.3) is 0 Å². The summed E-state index contributed by atoms with van der Waals surface area (Å²) in [7, 11) is 0. The monoisotopic (exact) mass is 369 g/mol. The van der Waals surface area contributed by atoms with Crippen LogP contribution in [-0.2, 0) is 11.2 Å². The molecule has 0 atom stereocenters. The van der Waals surface area contributed by atoms with Crippen LogP contribution >= 0.6 is 0 Å². The molecule has 0 radical (unpaired) electrons. The predicted octanol–water partition coefficient (Wildman–Crippen LogP) is 6.91. The van der Waals surface area contributed by atoms with E-state index < -0.39 is 5.97 Å². The maximum absolute atomic E-state index is 10.4. The highest BCUT2D eigenvalue weighted by atomic mass is 16.4. The molecule has 2 aromatic rings. The molecular formula is C24H35NO2. The Morgan fingerprint density at radius 2 is 1.41 bits per heavy atom. The first-order chi connectivity index (χ1) is 13.2. The summed E-state index contributed by atoms with van der Waals surface area (Å²) in [5.41, 5.74) is 5.44. The van der Waals surface area contributed by atoms with E-state index in [1.165, 1.54) is 73.8 Å². The van der Waals surface area contributed by atoms with Crippen LogP contribution in [0.3, 0.4) is 0 Å². The zero-order chi connectivity index (χ0) is 19.3. The first-order valence-corrected chi connectivity index (χ1v) is 10.6. The van der Waals surface area contributed by atoms with E-state index in [0.29, 0.717) is 6.42 Å². The molecule has 0 saturated carbocycles. The molecule has 3 nitrogen and oxygen atoms in total. The van der Waals surface area contributed by atoms with Gasteiger partial charge in [0.15, 0.2) is 0 Å². The Hall–Kier alpha value is -2.03. The molecule has 1 heterocycles. The standard InChI is InChI=1S/C24H35NO2/c1-20-22(23(19-25-20)21-15-11-10-12-16-21)17-13-8-6-4-2-3-5-7-9-14-18-24(26)27/h10-12,15-16,19,25H,2-9,13-14,17-18H2,1H3,(H,26,27). The van der Waals surface area contributed by atoms with E-state index in [0.717, 1.165) is 19.3 Å². The second kappa shape index (κ2) is 12.4. The van der Waals surface area contributed by atoms with E-state index in [9.17, 15) is 4.79 Å². The summed E-state index contributed by atoms with van der Waals surface area (Å²) in [5, 5.41) is 8.60. The maximum Gasteiger partial charge on any atom is 0.303 e. The van der Waals surface area contributed by atoms with Crippen molar-refractivity contribution in [2.24, 2.45) is 0 Å². The van der Waals surface area contributed by atoms with Crippen molar-refractivity contribution >= 4 is 5.97 Å². The summed E-state index contributed by atoms with van der Waals surface area (Å²) in [6.45, 7) is 2.18. The molecular weight excluding hydrogens is 334 g/mol. The van der Waals surface area contributed by atoms with Crippen molar-refractivity contribution in [3.8, 4) is 11.1 Å². The SMILES string of the molecule is Cc1[nH]cc(-c2ccccc2)c1CCCCCCCCCCCCC(=O)O. The van der Waals surface area contributed by atoms with Crippen LogP contribution in [0.25, 0.3) is 11.1 Å². The Labute approximate surface area is 164 Å². The molecule has 0 unspecified atom stereocenters. The van der Waals surface area contributed by atoms with Crippen LogP contribution < -0.4 is 0 Å². The Morgan fingerprint density at radius 3 is 2.00 bits per heavy atom. The lowest BCUT2D eigenvalue weighted by Gasteiger charge is -2.06. The fraction of sp³-hybridized carbons (Fsp3) is 0.542. The predicted molar refractivity (Wildman–Crippen MR) is 113 cm³/mol. The molecule has 0 aliphatic heterocycles. The number of benzene rings is 1. The Morgan fingerprint density at radius 1 is 0.852 bits per heavy atom. The van der Waals surface area contributed by atoms with E-state index in [4.69, 9.17) is 5.11 Å². The number of aromatic nitrogens is 1. The molecule has 1 aromatic carbocycles. The van der Waals surface area contributed by atoms with E-state index in [2.05, 4.69) is 48.4 Å². The van der Waals surface area contributed by atoms with Gasteiger partial charge in [0.2, 0.25) is 0 Å². The highest BCUT2D eigenvalue weighted by Crippen LogP contribution is 2.27. The number of carboxylic acids is 1. The molecule has 0 spiro atoms. The molecule has 27 heavy (non-hydrogen) atoms. The van der Waals surface area contributed by atoms with Gasteiger partial charge in [-0.3, -0.25) is 4.79 Å². The lowest BCUT2D eigenvalue weighted by Crippen LogP contribution is -1.93. The maximum atomic E-state index is 10.4. The van der Waals surface area contributed by atoms with Crippen LogP contribution in [0.2, 0.25) is 0 Å². The summed E-state index contributed by atoms with van der Waals surface area (Å²) >= 11 is 0. The van der Waals surface area contributed by atoms with Crippen LogP contribution in [0.1, 0.15) is 81.9 Å². The van der Waals surface area contributed by atoms with Crippen molar-refractivity contribution in [2.75, 3.05) is 0 Å². The second-order valence-electron chi connectivity index (χ2n) is 7.60. The second-order valence-corrected chi connectivity index (χ2v) is 7.60. The van der Waals surface area contributed by atoms with Gasteiger partial charge >= 0.3 is 5.97 Å². The van der Waals surface area contributed by atoms with Gasteiger partial charge in [0.05, 0.1) is 0 Å². The molecule has 0 fully saturated rings. The third-order valence-electron chi connectivity index (χ3n) is 5.36. The fourth-order valence-electron chi connectivity index (χ4n) is 3.75. The van der Waals surface area contributed by atoms with Crippen molar-refractivity contribution in [3.05, 3.63) is 47.8 Å². The number of aromatic amines is 1. The summed E-state index contributed by atoms with van der Waals surface area (Å²) in [6, 6.07) is 10.7. The number of carbonyl (C=O) groups is 1. The average Bonchev–Trinajstić information content (AvgIpc) is 3.03. The number of nitrogens with one attached hydrogen (secondary N) is 1. The van der Waals surface area contributed by atoms with Crippen LogP contribution in [0.5, 0.6) is 0 Å². The summed E-state index contributed by atoms with van der Waals surface area (Å²) in [6.07, 6.45) is 15.8. The first-order valence-electron chi connectivity index (χ1n) is 10.6. The Kier molecular flexibility index (Phi) is 9.75. The number of aliphatic carboxylic acids is 1. The third kappa shape index (κ3) is 8.03. The number of hydrogen-bond acceptors (Lipinski definition) is 1. The molecule has 1 aromatic heterocycles. The van der Waals surface area contributed by atoms with E-state index in [-0.39, 0.29) is 0 Å². The summed E-state index contributed by atoms with van der Waals surface area (Å²) < 4.78 is 0. The van der Waals surface area contributed by atoms with Crippen molar-refractivity contribution in [1.82, 2.24) is 4.98 Å². The molecule has 0 amide bonds. The van der Waals surface area contributed by atoms with Crippen molar-refractivity contribution < 1.29 is 9.90 Å².